The van der Waals surface area contributed by atoms with Gasteiger partial charge in [0.05, 0.1) is 40.3 Å². The van der Waals surface area contributed by atoms with Crippen LogP contribution in [0.5, 0.6) is 0 Å². The van der Waals surface area contributed by atoms with Crippen LogP contribution in [0.15, 0.2) is 53.3 Å². The van der Waals surface area contributed by atoms with E-state index in [1.165, 1.54) is 5.30 Å². The molecule has 1 heterocycles. The fraction of sp³-hybridized carbons (Fsp3) is 0.375. The summed E-state index contributed by atoms with van der Waals surface area (Å²) in [6, 6.07) is 16.4. The van der Waals surface area contributed by atoms with Gasteiger partial charge in [-0.3, -0.25) is 4.67 Å². The normalized spacial score (nSPS) is 14.1. The summed E-state index contributed by atoms with van der Waals surface area (Å²) in [5, 5.41) is 6.77. The fourth-order valence-electron chi connectivity index (χ4n) is 4.20. The van der Waals surface area contributed by atoms with E-state index in [4.69, 9.17) is 21.4 Å². The van der Waals surface area contributed by atoms with Gasteiger partial charge in [0, 0.05) is 5.16 Å². The van der Waals surface area contributed by atoms with Crippen LogP contribution in [-0.2, 0) is 0 Å². The maximum absolute atomic E-state index is 6.71. The second-order valence-electron chi connectivity index (χ2n) is 8.89. The molecule has 1 atom stereocenters. The zero-order valence-electron chi connectivity index (χ0n) is 19.2. The molecule has 6 heteroatoms. The molecule has 0 aliphatic carbocycles. The first kappa shape index (κ1) is 22.8. The minimum Gasteiger partial charge on any atom is -0.271 e. The molecule has 3 aromatic rings. The largest absolute Gasteiger partial charge is 0.271 e. The maximum Gasteiger partial charge on any atom is 0.0822 e. The monoisotopic (exact) mass is 442 g/mol. The van der Waals surface area contributed by atoms with Crippen molar-refractivity contribution in [3.8, 4) is 5.69 Å². The molecule has 30 heavy (non-hydrogen) atoms. The van der Waals surface area contributed by atoms with Crippen LogP contribution in [0.4, 0.5) is 5.69 Å². The van der Waals surface area contributed by atoms with Gasteiger partial charge in [-0.25, -0.2) is 9.43 Å². The molecule has 0 saturated carbocycles. The molecule has 0 spiro atoms. The van der Waals surface area contributed by atoms with E-state index in [1.54, 1.807) is 0 Å². The molecule has 3 rings (SSSR count). The van der Waals surface area contributed by atoms with Crippen LogP contribution in [0.25, 0.3) is 5.69 Å². The molecule has 160 valence electrons. The van der Waals surface area contributed by atoms with Gasteiger partial charge in [-0.2, -0.15) is 5.10 Å². The summed E-state index contributed by atoms with van der Waals surface area (Å²) in [6.07, 6.45) is 0. The Morgan fingerprint density at radius 3 is 2.17 bits per heavy atom. The topological polar surface area (TPSA) is 33.4 Å². The van der Waals surface area contributed by atoms with E-state index < -0.39 is 7.21 Å². The van der Waals surface area contributed by atoms with Gasteiger partial charge >= 0.3 is 0 Å². The Hall–Kier alpha value is -1.87. The number of aromatic nitrogens is 2. The molecule has 0 aliphatic rings. The first-order valence-corrected chi connectivity index (χ1v) is 12.3. The van der Waals surface area contributed by atoms with Crippen molar-refractivity contribution in [2.45, 2.75) is 46.7 Å². The Labute approximate surface area is 186 Å². The summed E-state index contributed by atoms with van der Waals surface area (Å²) in [7, 11) is 2.00. The fourth-order valence-corrected chi connectivity index (χ4v) is 8.79. The van der Waals surface area contributed by atoms with E-state index in [0.29, 0.717) is 0 Å². The average molecular weight is 443 g/mol. The summed E-state index contributed by atoms with van der Waals surface area (Å²) >= 11 is 6.71. The minimum absolute atomic E-state index is 0.121. The van der Waals surface area contributed by atoms with Crippen molar-refractivity contribution < 1.29 is 0 Å². The van der Waals surface area contributed by atoms with E-state index in [0.717, 1.165) is 33.3 Å². The number of aryl methyl sites for hydroxylation is 2. The Morgan fingerprint density at radius 2 is 1.60 bits per heavy atom. The Morgan fingerprint density at radius 1 is 0.967 bits per heavy atom. The van der Waals surface area contributed by atoms with Gasteiger partial charge in [-0.1, -0.05) is 62.7 Å². The molecule has 2 aromatic carbocycles. The second-order valence-corrected chi connectivity index (χ2v) is 13.3. The Kier molecular flexibility index (Phi) is 6.34. The van der Waals surface area contributed by atoms with E-state index in [9.17, 15) is 0 Å². The summed E-state index contributed by atoms with van der Waals surface area (Å²) in [5.74, 6) is 0. The lowest BCUT2D eigenvalue weighted by Crippen LogP contribution is -2.34. The van der Waals surface area contributed by atoms with Crippen molar-refractivity contribution in [3.05, 3.63) is 70.5 Å². The SMILES string of the molecule is Cc1cccc(N=P(c2c(C)nn(-c3ccccc3)c2C)(N(C)C)C(C)(C)C)c1Cl. The Bertz CT molecular complexity index is 1110. The smallest absolute Gasteiger partial charge is 0.0822 e. The van der Waals surface area contributed by atoms with Crippen LogP contribution in [0, 0.1) is 20.8 Å². The standard InChI is InChI=1S/C24H32ClN4P/c1-17-13-12-16-21(22(17)25)27-30(28(7)8,24(4,5)6)23-18(2)26-29(19(23)3)20-14-10-9-11-15-20/h9-16H,1-8H3. The van der Waals surface area contributed by atoms with Gasteiger partial charge in [0.2, 0.25) is 0 Å². The van der Waals surface area contributed by atoms with E-state index in [-0.39, 0.29) is 5.16 Å². The molecule has 4 nitrogen and oxygen atoms in total. The van der Waals surface area contributed by atoms with Gasteiger partial charge in [-0.05, 0) is 58.6 Å². The molecule has 0 saturated heterocycles. The predicted molar refractivity (Wildman–Crippen MR) is 131 cm³/mol. The summed E-state index contributed by atoms with van der Waals surface area (Å²) in [4.78, 5) is 0. The minimum atomic E-state index is -2.26. The second kappa shape index (κ2) is 8.34. The number of rotatable bonds is 4. The zero-order chi connectivity index (χ0) is 22.3. The molecule has 0 aliphatic heterocycles. The lowest BCUT2D eigenvalue weighted by Gasteiger charge is -2.42. The lowest BCUT2D eigenvalue weighted by molar-refractivity contribution is 0.625. The van der Waals surface area contributed by atoms with Crippen molar-refractivity contribution >= 4 is 29.8 Å². The molecule has 0 radical (unpaired) electrons. The van der Waals surface area contributed by atoms with E-state index >= 15 is 0 Å². The highest BCUT2D eigenvalue weighted by atomic mass is 35.5. The van der Waals surface area contributed by atoms with Gasteiger partial charge in [-0.15, -0.1) is 0 Å². The average Bonchev–Trinajstić information content (AvgIpc) is 2.97. The van der Waals surface area contributed by atoms with Crippen LogP contribution < -0.4 is 5.30 Å². The zero-order valence-corrected chi connectivity index (χ0v) is 20.9. The third-order valence-corrected chi connectivity index (χ3v) is 10.8. The molecule has 0 bridgehead atoms. The summed E-state index contributed by atoms with van der Waals surface area (Å²) < 4.78 is 9.82. The maximum atomic E-state index is 6.71. The highest BCUT2D eigenvalue weighted by Gasteiger charge is 2.42. The number of para-hydroxylation sites is 1. The van der Waals surface area contributed by atoms with E-state index in [1.807, 2.05) is 48.0 Å². The molecule has 1 unspecified atom stereocenters. The molecular formula is C24H32ClN4P. The molecule has 0 amide bonds. The molecule has 1 aromatic heterocycles. The van der Waals surface area contributed by atoms with Crippen molar-refractivity contribution in [2.24, 2.45) is 4.74 Å². The van der Waals surface area contributed by atoms with Crippen LogP contribution in [0.3, 0.4) is 0 Å². The number of nitrogens with zero attached hydrogens (tertiary/aromatic N) is 4. The van der Waals surface area contributed by atoms with Crippen molar-refractivity contribution in [1.29, 1.82) is 0 Å². The first-order valence-electron chi connectivity index (χ1n) is 10.2. The highest BCUT2D eigenvalue weighted by molar-refractivity contribution is 7.73. The van der Waals surface area contributed by atoms with Crippen molar-refractivity contribution in [2.75, 3.05) is 14.1 Å². The van der Waals surface area contributed by atoms with Crippen LogP contribution in [-0.4, -0.2) is 33.7 Å². The lowest BCUT2D eigenvalue weighted by atomic mass is 10.2. The van der Waals surface area contributed by atoms with E-state index in [2.05, 4.69) is 65.5 Å². The van der Waals surface area contributed by atoms with Gasteiger partial charge in [0.1, 0.15) is 0 Å². The summed E-state index contributed by atoms with van der Waals surface area (Å²) in [5.41, 5.74) is 5.09. The predicted octanol–water partition coefficient (Wildman–Crippen LogP) is 6.88. The number of benzene rings is 2. The molecule has 0 N–H and O–H groups in total. The van der Waals surface area contributed by atoms with Gasteiger partial charge in [0.15, 0.2) is 0 Å². The van der Waals surface area contributed by atoms with Crippen LogP contribution in [0.2, 0.25) is 5.02 Å². The third kappa shape index (κ3) is 3.77. The highest BCUT2D eigenvalue weighted by Crippen LogP contribution is 2.64. The van der Waals surface area contributed by atoms with Crippen molar-refractivity contribution in [1.82, 2.24) is 14.5 Å². The number of hydrogen-bond donors (Lipinski definition) is 0. The Balaban J connectivity index is 2.43. The van der Waals surface area contributed by atoms with Gasteiger partial charge < -0.3 is 0 Å². The van der Waals surface area contributed by atoms with Crippen molar-refractivity contribution in [3.63, 3.8) is 0 Å². The van der Waals surface area contributed by atoms with Crippen LogP contribution in [0.1, 0.15) is 37.7 Å². The quantitative estimate of drug-likeness (QED) is 0.412. The molecule has 0 fully saturated rings. The molecular weight excluding hydrogens is 411 g/mol. The first-order chi connectivity index (χ1) is 14.0. The van der Waals surface area contributed by atoms with Gasteiger partial charge in [0.25, 0.3) is 0 Å². The number of halogens is 1. The third-order valence-electron chi connectivity index (χ3n) is 5.50. The van der Waals surface area contributed by atoms with Crippen LogP contribution >= 0.6 is 18.8 Å². The summed E-state index contributed by atoms with van der Waals surface area (Å²) in [6.45, 7) is 13.1. The number of hydrogen-bond acceptors (Lipinski definition) is 2.